The Morgan fingerprint density at radius 3 is 2.14 bits per heavy atom. The number of amides is 2. The van der Waals surface area contributed by atoms with Crippen molar-refractivity contribution in [3.05, 3.63) is 102 Å². The van der Waals surface area contributed by atoms with Gasteiger partial charge in [-0.25, -0.2) is 0 Å². The standard InChI is InChI=1S/C30H36N2O3/c1-4-23(2)31-30(34)28(21-25-14-9-6-10-15-25)32(22-26-16-11-17-27(20-26)35-3)29(33)19-18-24-12-7-5-8-13-24/h5-17,20,23,28H,4,18-19,21-22H2,1-3H3,(H,31,34)/t23-,28+/m0/s1. The zero-order valence-corrected chi connectivity index (χ0v) is 20.9. The Hall–Kier alpha value is -3.60. The van der Waals surface area contributed by atoms with Gasteiger partial charge in [0.05, 0.1) is 7.11 Å². The minimum absolute atomic E-state index is 0.0267. The fourth-order valence-electron chi connectivity index (χ4n) is 4.00. The molecular formula is C30H36N2O3. The lowest BCUT2D eigenvalue weighted by Crippen LogP contribution is -2.52. The number of rotatable bonds is 12. The molecule has 0 unspecified atom stereocenters. The van der Waals surface area contributed by atoms with Crippen molar-refractivity contribution in [2.45, 2.75) is 58.2 Å². The normalized spacial score (nSPS) is 12.4. The van der Waals surface area contributed by atoms with Gasteiger partial charge < -0.3 is 15.0 Å². The summed E-state index contributed by atoms with van der Waals surface area (Å²) in [5, 5.41) is 3.11. The first-order chi connectivity index (χ1) is 17.0. The van der Waals surface area contributed by atoms with Crippen LogP contribution >= 0.6 is 0 Å². The molecule has 0 fully saturated rings. The lowest BCUT2D eigenvalue weighted by molar-refractivity contribution is -0.141. The minimum Gasteiger partial charge on any atom is -0.497 e. The highest BCUT2D eigenvalue weighted by atomic mass is 16.5. The highest BCUT2D eigenvalue weighted by molar-refractivity contribution is 5.88. The first kappa shape index (κ1) is 26.0. The van der Waals surface area contributed by atoms with Crippen LogP contribution in [0, 0.1) is 0 Å². The molecule has 3 aromatic carbocycles. The third kappa shape index (κ3) is 7.99. The minimum atomic E-state index is -0.624. The van der Waals surface area contributed by atoms with Crippen molar-refractivity contribution in [3.8, 4) is 5.75 Å². The average molecular weight is 473 g/mol. The zero-order valence-electron chi connectivity index (χ0n) is 20.9. The van der Waals surface area contributed by atoms with E-state index in [1.165, 1.54) is 0 Å². The van der Waals surface area contributed by atoms with Crippen LogP contribution in [0.15, 0.2) is 84.9 Å². The van der Waals surface area contributed by atoms with Gasteiger partial charge in [-0.3, -0.25) is 9.59 Å². The molecule has 0 aliphatic rings. The fraction of sp³-hybridized carbons (Fsp3) is 0.333. The van der Waals surface area contributed by atoms with E-state index in [0.717, 1.165) is 28.9 Å². The van der Waals surface area contributed by atoms with E-state index in [1.807, 2.05) is 98.8 Å². The molecule has 35 heavy (non-hydrogen) atoms. The van der Waals surface area contributed by atoms with Crippen LogP contribution in [-0.2, 0) is 29.0 Å². The van der Waals surface area contributed by atoms with E-state index in [2.05, 4.69) is 5.32 Å². The summed E-state index contributed by atoms with van der Waals surface area (Å²) in [6.07, 6.45) is 2.22. The molecule has 0 saturated carbocycles. The Morgan fingerprint density at radius 1 is 0.886 bits per heavy atom. The van der Waals surface area contributed by atoms with Crippen molar-refractivity contribution in [1.82, 2.24) is 10.2 Å². The molecule has 0 aromatic heterocycles. The molecule has 1 N–H and O–H groups in total. The fourth-order valence-corrected chi connectivity index (χ4v) is 4.00. The van der Waals surface area contributed by atoms with Crippen molar-refractivity contribution < 1.29 is 14.3 Å². The predicted molar refractivity (Wildman–Crippen MR) is 140 cm³/mol. The predicted octanol–water partition coefficient (Wildman–Crippen LogP) is 5.18. The molecule has 0 bridgehead atoms. The molecule has 0 aliphatic heterocycles. The largest absolute Gasteiger partial charge is 0.497 e. The number of nitrogens with one attached hydrogen (secondary N) is 1. The van der Waals surface area contributed by atoms with E-state index in [4.69, 9.17) is 4.74 Å². The lowest BCUT2D eigenvalue weighted by atomic mass is 10.0. The Kier molecular flexibility index (Phi) is 9.91. The molecule has 0 spiro atoms. The van der Waals surface area contributed by atoms with E-state index in [0.29, 0.717) is 25.8 Å². The van der Waals surface area contributed by atoms with Crippen molar-refractivity contribution in [1.29, 1.82) is 0 Å². The van der Waals surface area contributed by atoms with Gasteiger partial charge in [0.25, 0.3) is 0 Å². The van der Waals surface area contributed by atoms with Gasteiger partial charge in [0.15, 0.2) is 0 Å². The number of ether oxygens (including phenoxy) is 1. The second-order valence-corrected chi connectivity index (χ2v) is 8.88. The average Bonchev–Trinajstić information content (AvgIpc) is 2.90. The summed E-state index contributed by atoms with van der Waals surface area (Å²) in [5.74, 6) is 0.555. The Balaban J connectivity index is 1.92. The number of carbonyl (C=O) groups is 2. The monoisotopic (exact) mass is 472 g/mol. The maximum absolute atomic E-state index is 13.7. The molecule has 184 valence electrons. The molecule has 2 atom stereocenters. The van der Waals surface area contributed by atoms with Crippen LogP contribution in [-0.4, -0.2) is 35.9 Å². The summed E-state index contributed by atoms with van der Waals surface area (Å²) in [6.45, 7) is 4.35. The van der Waals surface area contributed by atoms with Gasteiger partial charge in [-0.15, -0.1) is 0 Å². The van der Waals surface area contributed by atoms with Gasteiger partial charge in [0, 0.05) is 25.4 Å². The van der Waals surface area contributed by atoms with Crippen LogP contribution in [0.4, 0.5) is 0 Å². The summed E-state index contributed by atoms with van der Waals surface area (Å²) in [4.78, 5) is 28.9. The highest BCUT2D eigenvalue weighted by Crippen LogP contribution is 2.20. The Bertz CT molecular complexity index is 1070. The van der Waals surface area contributed by atoms with Crippen LogP contribution in [0.2, 0.25) is 0 Å². The Morgan fingerprint density at radius 2 is 1.51 bits per heavy atom. The number of hydrogen-bond donors (Lipinski definition) is 1. The SMILES string of the molecule is CC[C@H](C)NC(=O)[C@@H](Cc1ccccc1)N(Cc1cccc(OC)c1)C(=O)CCc1ccccc1. The van der Waals surface area contributed by atoms with Crippen molar-refractivity contribution >= 4 is 11.8 Å². The van der Waals surface area contributed by atoms with Crippen LogP contribution in [0.3, 0.4) is 0 Å². The molecule has 3 rings (SSSR count). The van der Waals surface area contributed by atoms with Crippen LogP contribution in [0.1, 0.15) is 43.4 Å². The summed E-state index contributed by atoms with van der Waals surface area (Å²) < 4.78 is 5.39. The first-order valence-electron chi connectivity index (χ1n) is 12.3. The van der Waals surface area contributed by atoms with Gasteiger partial charge in [-0.2, -0.15) is 0 Å². The van der Waals surface area contributed by atoms with E-state index in [1.54, 1.807) is 12.0 Å². The number of carbonyl (C=O) groups excluding carboxylic acids is 2. The molecule has 0 heterocycles. The topological polar surface area (TPSA) is 58.6 Å². The van der Waals surface area contributed by atoms with Gasteiger partial charge in [0.1, 0.15) is 11.8 Å². The second-order valence-electron chi connectivity index (χ2n) is 8.88. The number of methoxy groups -OCH3 is 1. The molecule has 5 nitrogen and oxygen atoms in total. The van der Waals surface area contributed by atoms with E-state index < -0.39 is 6.04 Å². The van der Waals surface area contributed by atoms with Gasteiger partial charge in [0.2, 0.25) is 11.8 Å². The van der Waals surface area contributed by atoms with Crippen LogP contribution in [0.5, 0.6) is 5.75 Å². The van der Waals surface area contributed by atoms with Gasteiger partial charge in [-0.05, 0) is 48.6 Å². The summed E-state index contributed by atoms with van der Waals surface area (Å²) >= 11 is 0. The first-order valence-corrected chi connectivity index (χ1v) is 12.3. The summed E-state index contributed by atoms with van der Waals surface area (Å²) in [6, 6.07) is 26.9. The molecule has 0 aliphatic carbocycles. The maximum Gasteiger partial charge on any atom is 0.243 e. The molecule has 3 aromatic rings. The molecule has 2 amide bonds. The molecule has 5 heteroatoms. The summed E-state index contributed by atoms with van der Waals surface area (Å²) in [7, 11) is 1.62. The van der Waals surface area contributed by atoms with Crippen molar-refractivity contribution in [2.75, 3.05) is 7.11 Å². The number of aryl methyl sites for hydroxylation is 1. The van der Waals surface area contributed by atoms with E-state index >= 15 is 0 Å². The molecule has 0 saturated heterocycles. The van der Waals surface area contributed by atoms with Crippen molar-refractivity contribution in [3.63, 3.8) is 0 Å². The maximum atomic E-state index is 13.7. The number of hydrogen-bond acceptors (Lipinski definition) is 3. The molecule has 0 radical (unpaired) electrons. The quantitative estimate of drug-likeness (QED) is 0.395. The zero-order chi connectivity index (χ0) is 25.0. The smallest absolute Gasteiger partial charge is 0.243 e. The van der Waals surface area contributed by atoms with Crippen LogP contribution < -0.4 is 10.1 Å². The van der Waals surface area contributed by atoms with Crippen molar-refractivity contribution in [2.24, 2.45) is 0 Å². The second kappa shape index (κ2) is 13.3. The van der Waals surface area contributed by atoms with E-state index in [-0.39, 0.29) is 17.9 Å². The van der Waals surface area contributed by atoms with Gasteiger partial charge >= 0.3 is 0 Å². The molecular weight excluding hydrogens is 436 g/mol. The highest BCUT2D eigenvalue weighted by Gasteiger charge is 2.30. The third-order valence-corrected chi connectivity index (χ3v) is 6.23. The van der Waals surface area contributed by atoms with E-state index in [9.17, 15) is 9.59 Å². The number of nitrogens with zero attached hydrogens (tertiary/aromatic N) is 1. The van der Waals surface area contributed by atoms with Gasteiger partial charge in [-0.1, -0.05) is 79.7 Å². The summed E-state index contributed by atoms with van der Waals surface area (Å²) in [5.41, 5.74) is 3.04. The number of benzene rings is 3. The third-order valence-electron chi connectivity index (χ3n) is 6.23. The lowest BCUT2D eigenvalue weighted by Gasteiger charge is -2.32. The Labute approximate surface area is 209 Å². The van der Waals surface area contributed by atoms with Crippen LogP contribution in [0.25, 0.3) is 0 Å².